The van der Waals surface area contributed by atoms with Gasteiger partial charge < -0.3 is 15.0 Å². The van der Waals surface area contributed by atoms with Crippen LogP contribution in [0.1, 0.15) is 12.0 Å². The molecule has 0 spiro atoms. The van der Waals surface area contributed by atoms with Crippen LogP contribution in [0.2, 0.25) is 0 Å². The van der Waals surface area contributed by atoms with Crippen molar-refractivity contribution in [1.29, 1.82) is 0 Å². The summed E-state index contributed by atoms with van der Waals surface area (Å²) in [6.07, 6.45) is 0.217. The van der Waals surface area contributed by atoms with E-state index in [1.165, 1.54) is 0 Å². The van der Waals surface area contributed by atoms with Crippen molar-refractivity contribution in [2.45, 2.75) is 13.3 Å². The molecule has 0 atom stereocenters. The second-order valence-corrected chi connectivity index (χ2v) is 6.42. The van der Waals surface area contributed by atoms with Gasteiger partial charge in [-0.1, -0.05) is 28.1 Å². The van der Waals surface area contributed by atoms with E-state index in [1.54, 1.807) is 4.90 Å². The average Bonchev–Trinajstić information content (AvgIpc) is 2.57. The zero-order valence-electron chi connectivity index (χ0n) is 13.2. The number of carbonyl (C=O) groups excluding carboxylic acids is 2. The molecular weight excluding hydrogens is 372 g/mol. The number of hydrogen-bond donors (Lipinski definition) is 1. The Morgan fingerprint density at radius 2 is 2.08 bits per heavy atom. The molecule has 24 heavy (non-hydrogen) atoms. The topological polar surface area (TPSA) is 58.6 Å². The van der Waals surface area contributed by atoms with Gasteiger partial charge in [0.2, 0.25) is 5.91 Å². The number of fused-ring (bicyclic) bond motifs is 1. The van der Waals surface area contributed by atoms with E-state index in [4.69, 9.17) is 4.74 Å². The van der Waals surface area contributed by atoms with Crippen LogP contribution in [0.3, 0.4) is 0 Å². The first-order valence-corrected chi connectivity index (χ1v) is 8.42. The number of rotatable bonds is 4. The van der Waals surface area contributed by atoms with Gasteiger partial charge in [0.05, 0.1) is 5.69 Å². The summed E-state index contributed by atoms with van der Waals surface area (Å²) in [4.78, 5) is 25.9. The Morgan fingerprint density at radius 1 is 1.29 bits per heavy atom. The fourth-order valence-corrected chi connectivity index (χ4v) is 2.81. The van der Waals surface area contributed by atoms with Gasteiger partial charge in [-0.2, -0.15) is 0 Å². The minimum atomic E-state index is -0.138. The standard InChI is InChI=1S/C18H17BrN2O3/c1-12-10-13(6-7-14(12)19)20-17(22)8-9-21-15-4-2-3-5-16(15)24-11-18(21)23/h2-7,10H,8-9,11H2,1H3,(H,20,22). The summed E-state index contributed by atoms with van der Waals surface area (Å²) in [5.74, 6) is 0.399. The highest BCUT2D eigenvalue weighted by Crippen LogP contribution is 2.31. The molecule has 0 saturated heterocycles. The van der Waals surface area contributed by atoms with Gasteiger partial charge in [-0.05, 0) is 42.8 Å². The Bertz CT molecular complexity index is 792. The number of benzene rings is 2. The van der Waals surface area contributed by atoms with Crippen LogP contribution in [0.15, 0.2) is 46.9 Å². The summed E-state index contributed by atoms with van der Waals surface area (Å²) in [7, 11) is 0. The molecule has 1 N–H and O–H groups in total. The third-order valence-electron chi connectivity index (χ3n) is 3.81. The number of hydrogen-bond acceptors (Lipinski definition) is 3. The molecule has 1 aliphatic rings. The fourth-order valence-electron chi connectivity index (χ4n) is 2.56. The van der Waals surface area contributed by atoms with Gasteiger partial charge in [0.15, 0.2) is 6.61 Å². The van der Waals surface area contributed by atoms with Crippen LogP contribution in [0.5, 0.6) is 5.75 Å². The fraction of sp³-hybridized carbons (Fsp3) is 0.222. The van der Waals surface area contributed by atoms with Crippen molar-refractivity contribution in [1.82, 2.24) is 0 Å². The summed E-state index contributed by atoms with van der Waals surface area (Å²) in [5.41, 5.74) is 2.50. The highest BCUT2D eigenvalue weighted by atomic mass is 79.9. The minimum absolute atomic E-state index is 0.00450. The van der Waals surface area contributed by atoms with Crippen molar-refractivity contribution >= 4 is 39.1 Å². The summed E-state index contributed by atoms with van der Waals surface area (Å²) in [6, 6.07) is 13.0. The van der Waals surface area contributed by atoms with Crippen molar-refractivity contribution in [3.63, 3.8) is 0 Å². The lowest BCUT2D eigenvalue weighted by Crippen LogP contribution is -2.40. The van der Waals surface area contributed by atoms with Crippen LogP contribution in [0, 0.1) is 6.92 Å². The minimum Gasteiger partial charge on any atom is -0.482 e. The molecule has 124 valence electrons. The molecule has 0 aliphatic carbocycles. The lowest BCUT2D eigenvalue weighted by Gasteiger charge is -2.29. The first-order chi connectivity index (χ1) is 11.5. The van der Waals surface area contributed by atoms with Crippen LogP contribution in [-0.2, 0) is 9.59 Å². The number of halogens is 1. The van der Waals surface area contributed by atoms with Crippen molar-refractivity contribution in [3.05, 3.63) is 52.5 Å². The van der Waals surface area contributed by atoms with Crippen molar-refractivity contribution in [2.75, 3.05) is 23.4 Å². The maximum absolute atomic E-state index is 12.2. The summed E-state index contributed by atoms with van der Waals surface area (Å²) in [5, 5.41) is 2.86. The number of nitrogens with one attached hydrogen (secondary N) is 1. The first kappa shape index (κ1) is 16.5. The highest BCUT2D eigenvalue weighted by Gasteiger charge is 2.25. The average molecular weight is 389 g/mol. The highest BCUT2D eigenvalue weighted by molar-refractivity contribution is 9.10. The zero-order chi connectivity index (χ0) is 17.1. The van der Waals surface area contributed by atoms with E-state index in [0.29, 0.717) is 18.0 Å². The molecule has 2 aromatic rings. The molecule has 5 nitrogen and oxygen atoms in total. The summed E-state index contributed by atoms with van der Waals surface area (Å²) >= 11 is 3.43. The van der Waals surface area contributed by atoms with Crippen LogP contribution >= 0.6 is 15.9 Å². The molecule has 6 heteroatoms. The van der Waals surface area contributed by atoms with E-state index in [0.717, 1.165) is 15.7 Å². The Morgan fingerprint density at radius 3 is 2.88 bits per heavy atom. The van der Waals surface area contributed by atoms with Crippen molar-refractivity contribution in [2.24, 2.45) is 0 Å². The van der Waals surface area contributed by atoms with E-state index in [-0.39, 0.29) is 24.8 Å². The van der Waals surface area contributed by atoms with Crippen LogP contribution in [0.25, 0.3) is 0 Å². The second kappa shape index (κ2) is 7.05. The number of aryl methyl sites for hydroxylation is 1. The molecule has 0 radical (unpaired) electrons. The summed E-state index contributed by atoms with van der Waals surface area (Å²) in [6.45, 7) is 2.29. The van der Waals surface area contributed by atoms with Gasteiger partial charge in [-0.25, -0.2) is 0 Å². The Balaban J connectivity index is 1.64. The van der Waals surface area contributed by atoms with Gasteiger partial charge in [0.25, 0.3) is 5.91 Å². The molecule has 0 saturated carbocycles. The zero-order valence-corrected chi connectivity index (χ0v) is 14.8. The van der Waals surface area contributed by atoms with E-state index < -0.39 is 0 Å². The predicted molar refractivity (Wildman–Crippen MR) is 96.4 cm³/mol. The normalized spacial score (nSPS) is 13.2. The third kappa shape index (κ3) is 3.59. The largest absolute Gasteiger partial charge is 0.482 e. The van der Waals surface area contributed by atoms with Gasteiger partial charge in [0, 0.05) is 23.1 Å². The van der Waals surface area contributed by atoms with Gasteiger partial charge in [-0.3, -0.25) is 9.59 Å². The summed E-state index contributed by atoms with van der Waals surface area (Å²) < 4.78 is 6.39. The quantitative estimate of drug-likeness (QED) is 0.871. The number of carbonyl (C=O) groups is 2. The predicted octanol–water partition coefficient (Wildman–Crippen LogP) is 3.51. The van der Waals surface area contributed by atoms with E-state index in [9.17, 15) is 9.59 Å². The van der Waals surface area contributed by atoms with E-state index in [2.05, 4.69) is 21.2 Å². The molecule has 2 aromatic carbocycles. The molecule has 0 unspecified atom stereocenters. The Hall–Kier alpha value is -2.34. The van der Waals surface area contributed by atoms with E-state index in [1.807, 2.05) is 49.4 Å². The third-order valence-corrected chi connectivity index (χ3v) is 4.70. The van der Waals surface area contributed by atoms with E-state index >= 15 is 0 Å². The molecular formula is C18H17BrN2O3. The smallest absolute Gasteiger partial charge is 0.265 e. The van der Waals surface area contributed by atoms with Crippen LogP contribution in [0.4, 0.5) is 11.4 Å². The first-order valence-electron chi connectivity index (χ1n) is 7.63. The maximum Gasteiger partial charge on any atom is 0.265 e. The van der Waals surface area contributed by atoms with Crippen molar-refractivity contribution in [3.8, 4) is 5.75 Å². The van der Waals surface area contributed by atoms with Crippen molar-refractivity contribution < 1.29 is 14.3 Å². The lowest BCUT2D eigenvalue weighted by molar-refractivity contribution is -0.121. The number of anilines is 2. The monoisotopic (exact) mass is 388 g/mol. The molecule has 0 bridgehead atoms. The molecule has 1 aliphatic heterocycles. The second-order valence-electron chi connectivity index (χ2n) is 5.56. The van der Waals surface area contributed by atoms with Crippen LogP contribution < -0.4 is 15.0 Å². The Kier molecular flexibility index (Phi) is 4.85. The van der Waals surface area contributed by atoms with Gasteiger partial charge >= 0.3 is 0 Å². The molecule has 0 fully saturated rings. The molecule has 2 amide bonds. The van der Waals surface area contributed by atoms with Crippen LogP contribution in [-0.4, -0.2) is 25.0 Å². The number of para-hydroxylation sites is 2. The number of amides is 2. The Labute approximate surface area is 148 Å². The van der Waals surface area contributed by atoms with Gasteiger partial charge in [0.1, 0.15) is 5.75 Å². The lowest BCUT2D eigenvalue weighted by atomic mass is 10.2. The number of ether oxygens (including phenoxy) is 1. The molecule has 1 heterocycles. The maximum atomic E-state index is 12.2. The SMILES string of the molecule is Cc1cc(NC(=O)CCN2C(=O)COc3ccccc32)ccc1Br. The van der Waals surface area contributed by atoms with Gasteiger partial charge in [-0.15, -0.1) is 0 Å². The molecule has 3 rings (SSSR count). The number of nitrogens with zero attached hydrogens (tertiary/aromatic N) is 1. The molecule has 0 aromatic heterocycles.